The fourth-order valence-corrected chi connectivity index (χ4v) is 1.41. The van der Waals surface area contributed by atoms with Crippen molar-refractivity contribution in [2.75, 3.05) is 11.1 Å². The quantitative estimate of drug-likeness (QED) is 0.813. The topological polar surface area (TPSA) is 92.5 Å². The zero-order valence-electron chi connectivity index (χ0n) is 9.38. The van der Waals surface area contributed by atoms with Crippen molar-refractivity contribution in [2.24, 2.45) is 7.05 Å². The largest absolute Gasteiger partial charge is 0.384 e. The van der Waals surface area contributed by atoms with Crippen LogP contribution in [0.2, 0.25) is 0 Å². The van der Waals surface area contributed by atoms with Crippen LogP contribution in [0.5, 0.6) is 0 Å². The van der Waals surface area contributed by atoms with Gasteiger partial charge >= 0.3 is 0 Å². The Hall–Kier alpha value is -2.55. The molecule has 0 fully saturated rings. The standard InChI is InChI=1S/C11H12N6/c1-17-11(13)8(7-15-17)6-14-10-4-2-3-9(5-12)16-10/h2-4,7H,6,13H2,1H3,(H,14,16). The Labute approximate surface area is 98.7 Å². The zero-order chi connectivity index (χ0) is 12.3. The Bertz CT molecular complexity index is 566. The molecule has 0 radical (unpaired) electrons. The number of hydrogen-bond donors (Lipinski definition) is 2. The molecule has 0 aromatic carbocycles. The van der Waals surface area contributed by atoms with Crippen LogP contribution in [0.3, 0.4) is 0 Å². The van der Waals surface area contributed by atoms with Crippen LogP contribution in [0.1, 0.15) is 11.3 Å². The maximum atomic E-state index is 8.72. The predicted molar refractivity (Wildman–Crippen MR) is 63.9 cm³/mol. The van der Waals surface area contributed by atoms with Crippen LogP contribution in [0, 0.1) is 11.3 Å². The molecule has 2 aromatic rings. The van der Waals surface area contributed by atoms with Gasteiger partial charge in [0.15, 0.2) is 0 Å². The van der Waals surface area contributed by atoms with Crippen LogP contribution in [-0.4, -0.2) is 14.8 Å². The highest BCUT2D eigenvalue weighted by molar-refractivity contribution is 5.43. The number of nitriles is 1. The third-order valence-corrected chi connectivity index (χ3v) is 2.39. The molecular formula is C11H12N6. The number of aromatic nitrogens is 3. The van der Waals surface area contributed by atoms with Crippen LogP contribution in [0.15, 0.2) is 24.4 Å². The molecule has 0 aliphatic heterocycles. The lowest BCUT2D eigenvalue weighted by molar-refractivity contribution is 0.778. The van der Waals surface area contributed by atoms with E-state index in [0.29, 0.717) is 23.9 Å². The molecule has 0 saturated heterocycles. The van der Waals surface area contributed by atoms with Crippen molar-refractivity contribution in [3.63, 3.8) is 0 Å². The predicted octanol–water partition coefficient (Wildman–Crippen LogP) is 0.881. The number of pyridine rings is 1. The summed E-state index contributed by atoms with van der Waals surface area (Å²) in [5.41, 5.74) is 7.09. The first-order valence-corrected chi connectivity index (χ1v) is 5.08. The second-order valence-electron chi connectivity index (χ2n) is 3.55. The molecule has 0 bridgehead atoms. The monoisotopic (exact) mass is 228 g/mol. The van der Waals surface area contributed by atoms with Crippen LogP contribution >= 0.6 is 0 Å². The van der Waals surface area contributed by atoms with Gasteiger partial charge < -0.3 is 11.1 Å². The van der Waals surface area contributed by atoms with Crippen molar-refractivity contribution in [3.8, 4) is 6.07 Å². The fraction of sp³-hybridized carbons (Fsp3) is 0.182. The molecule has 6 nitrogen and oxygen atoms in total. The van der Waals surface area contributed by atoms with Gasteiger partial charge in [0.25, 0.3) is 0 Å². The van der Waals surface area contributed by atoms with Gasteiger partial charge in [-0.05, 0) is 12.1 Å². The zero-order valence-corrected chi connectivity index (χ0v) is 9.38. The fourth-order valence-electron chi connectivity index (χ4n) is 1.41. The van der Waals surface area contributed by atoms with Gasteiger partial charge in [-0.3, -0.25) is 4.68 Å². The number of nitrogen functional groups attached to an aromatic ring is 1. The maximum Gasteiger partial charge on any atom is 0.142 e. The van der Waals surface area contributed by atoms with Crippen LogP contribution in [-0.2, 0) is 13.6 Å². The second-order valence-corrected chi connectivity index (χ2v) is 3.55. The lowest BCUT2D eigenvalue weighted by Crippen LogP contribution is -2.05. The number of nitrogens with two attached hydrogens (primary N) is 1. The van der Waals surface area contributed by atoms with Crippen molar-refractivity contribution >= 4 is 11.6 Å². The third kappa shape index (κ3) is 2.34. The summed E-state index contributed by atoms with van der Waals surface area (Å²) in [6.45, 7) is 0.529. The first-order valence-electron chi connectivity index (χ1n) is 5.08. The smallest absolute Gasteiger partial charge is 0.142 e. The van der Waals surface area contributed by atoms with Gasteiger partial charge in [-0.1, -0.05) is 6.07 Å². The molecular weight excluding hydrogens is 216 g/mol. The van der Waals surface area contributed by atoms with Gasteiger partial charge in [0.1, 0.15) is 23.4 Å². The summed E-state index contributed by atoms with van der Waals surface area (Å²) >= 11 is 0. The number of aryl methyl sites for hydroxylation is 1. The summed E-state index contributed by atoms with van der Waals surface area (Å²) < 4.78 is 1.61. The summed E-state index contributed by atoms with van der Waals surface area (Å²) in [6.07, 6.45) is 1.70. The maximum absolute atomic E-state index is 8.72. The molecule has 2 heterocycles. The van der Waals surface area contributed by atoms with Gasteiger partial charge in [0, 0.05) is 19.2 Å². The molecule has 2 rings (SSSR count). The number of nitrogens with one attached hydrogen (secondary N) is 1. The van der Waals surface area contributed by atoms with E-state index in [4.69, 9.17) is 11.0 Å². The first-order chi connectivity index (χ1) is 8.20. The molecule has 86 valence electrons. The molecule has 0 unspecified atom stereocenters. The summed E-state index contributed by atoms with van der Waals surface area (Å²) in [5, 5.41) is 15.9. The molecule has 0 amide bonds. The van der Waals surface area contributed by atoms with Crippen molar-refractivity contribution in [2.45, 2.75) is 6.54 Å². The minimum atomic E-state index is 0.383. The summed E-state index contributed by atoms with van der Waals surface area (Å²) in [4.78, 5) is 4.10. The highest BCUT2D eigenvalue weighted by Crippen LogP contribution is 2.12. The molecule has 0 atom stereocenters. The van der Waals surface area contributed by atoms with Gasteiger partial charge in [-0.25, -0.2) is 4.98 Å². The van der Waals surface area contributed by atoms with Crippen molar-refractivity contribution in [3.05, 3.63) is 35.7 Å². The van der Waals surface area contributed by atoms with Gasteiger partial charge in [0.05, 0.1) is 6.20 Å². The van der Waals surface area contributed by atoms with E-state index < -0.39 is 0 Å². The number of rotatable bonds is 3. The van der Waals surface area contributed by atoms with E-state index in [1.165, 1.54) is 0 Å². The Balaban J connectivity index is 2.07. The van der Waals surface area contributed by atoms with Crippen LogP contribution in [0.4, 0.5) is 11.6 Å². The molecule has 0 saturated carbocycles. The Morgan fingerprint density at radius 2 is 2.35 bits per heavy atom. The highest BCUT2D eigenvalue weighted by atomic mass is 15.3. The van der Waals surface area contributed by atoms with Crippen LogP contribution in [0.25, 0.3) is 0 Å². The number of anilines is 2. The van der Waals surface area contributed by atoms with Crippen LogP contribution < -0.4 is 11.1 Å². The van der Waals surface area contributed by atoms with E-state index in [1.54, 1.807) is 36.1 Å². The van der Waals surface area contributed by atoms with Gasteiger partial charge in [-0.15, -0.1) is 0 Å². The molecule has 17 heavy (non-hydrogen) atoms. The van der Waals surface area contributed by atoms with Crippen molar-refractivity contribution < 1.29 is 0 Å². The van der Waals surface area contributed by atoms with E-state index in [0.717, 1.165) is 5.56 Å². The normalized spacial score (nSPS) is 9.88. The minimum absolute atomic E-state index is 0.383. The molecule has 0 spiro atoms. The first kappa shape index (κ1) is 11.0. The third-order valence-electron chi connectivity index (χ3n) is 2.39. The average molecular weight is 228 g/mol. The summed E-state index contributed by atoms with van der Waals surface area (Å²) in [7, 11) is 1.79. The lowest BCUT2D eigenvalue weighted by Gasteiger charge is -2.04. The molecule has 0 aliphatic carbocycles. The summed E-state index contributed by atoms with van der Waals surface area (Å²) in [5.74, 6) is 1.27. The van der Waals surface area contributed by atoms with Crippen molar-refractivity contribution in [1.82, 2.24) is 14.8 Å². The number of nitrogens with zero attached hydrogens (tertiary/aromatic N) is 4. The van der Waals surface area contributed by atoms with Gasteiger partial charge in [0.2, 0.25) is 0 Å². The van der Waals surface area contributed by atoms with E-state index in [-0.39, 0.29) is 0 Å². The molecule has 0 aliphatic rings. The Morgan fingerprint density at radius 3 is 3.00 bits per heavy atom. The Morgan fingerprint density at radius 1 is 1.53 bits per heavy atom. The molecule has 2 aromatic heterocycles. The molecule has 6 heteroatoms. The molecule has 3 N–H and O–H groups in total. The number of hydrogen-bond acceptors (Lipinski definition) is 5. The van der Waals surface area contributed by atoms with Crippen molar-refractivity contribution in [1.29, 1.82) is 5.26 Å². The van der Waals surface area contributed by atoms with E-state index >= 15 is 0 Å². The van der Waals surface area contributed by atoms with E-state index in [9.17, 15) is 0 Å². The average Bonchev–Trinajstić information content (AvgIpc) is 2.68. The van der Waals surface area contributed by atoms with E-state index in [2.05, 4.69) is 15.4 Å². The highest BCUT2D eigenvalue weighted by Gasteiger charge is 2.04. The van der Waals surface area contributed by atoms with E-state index in [1.807, 2.05) is 6.07 Å². The summed E-state index contributed by atoms with van der Waals surface area (Å²) in [6, 6.07) is 7.22. The Kier molecular flexibility index (Phi) is 2.92. The SMILES string of the molecule is Cn1ncc(CNc2cccc(C#N)n2)c1N. The minimum Gasteiger partial charge on any atom is -0.384 e. The van der Waals surface area contributed by atoms with Gasteiger partial charge in [-0.2, -0.15) is 10.4 Å². The lowest BCUT2D eigenvalue weighted by atomic mass is 10.3. The second kappa shape index (κ2) is 4.53.